The zero-order valence-corrected chi connectivity index (χ0v) is 13.9. The third kappa shape index (κ3) is 3.78. The summed E-state index contributed by atoms with van der Waals surface area (Å²) in [5.41, 5.74) is 0.979. The lowest BCUT2D eigenvalue weighted by Gasteiger charge is -2.29. The molecule has 2 atom stereocenters. The number of thiophene rings is 1. The Morgan fingerprint density at radius 1 is 1.37 bits per heavy atom. The summed E-state index contributed by atoms with van der Waals surface area (Å²) in [6.07, 6.45) is 1.09. The van der Waals surface area contributed by atoms with Crippen molar-refractivity contribution in [1.82, 2.24) is 9.88 Å². The number of thiazole rings is 1. The number of hydrogen-bond acceptors (Lipinski definition) is 4. The van der Waals surface area contributed by atoms with Crippen LogP contribution in [0.2, 0.25) is 0 Å². The Balaban J connectivity index is 1.99. The van der Waals surface area contributed by atoms with Gasteiger partial charge in [0.05, 0.1) is 17.6 Å². The van der Waals surface area contributed by atoms with Gasteiger partial charge in [-0.2, -0.15) is 0 Å². The van der Waals surface area contributed by atoms with Gasteiger partial charge in [-0.25, -0.2) is 4.98 Å². The molecule has 0 saturated carbocycles. The van der Waals surface area contributed by atoms with Crippen LogP contribution in [0.5, 0.6) is 0 Å². The molecule has 0 bridgehead atoms. The van der Waals surface area contributed by atoms with Gasteiger partial charge in [0.2, 0.25) is 0 Å². The molecule has 19 heavy (non-hydrogen) atoms. The van der Waals surface area contributed by atoms with Gasteiger partial charge in [0.1, 0.15) is 5.01 Å². The lowest BCUT2D eigenvalue weighted by molar-refractivity contribution is 0.196. The molecule has 0 amide bonds. The van der Waals surface area contributed by atoms with E-state index in [4.69, 9.17) is 11.6 Å². The second-order valence-corrected chi connectivity index (χ2v) is 6.97. The van der Waals surface area contributed by atoms with E-state index in [0.717, 1.165) is 17.1 Å². The third-order valence-electron chi connectivity index (χ3n) is 3.45. The average molecular weight is 315 g/mol. The number of nitrogens with zero attached hydrogens (tertiary/aromatic N) is 2. The van der Waals surface area contributed by atoms with Crippen LogP contribution >= 0.6 is 34.3 Å². The minimum atomic E-state index is 0.330. The van der Waals surface area contributed by atoms with Crippen molar-refractivity contribution >= 4 is 34.3 Å². The Bertz CT molecular complexity index is 495. The van der Waals surface area contributed by atoms with Gasteiger partial charge in [-0.15, -0.1) is 34.3 Å². The van der Waals surface area contributed by atoms with Gasteiger partial charge in [0.25, 0.3) is 0 Å². The number of halogens is 1. The van der Waals surface area contributed by atoms with Crippen LogP contribution in [0.25, 0.3) is 0 Å². The highest BCUT2D eigenvalue weighted by Crippen LogP contribution is 2.26. The third-order valence-corrected chi connectivity index (χ3v) is 5.68. The zero-order chi connectivity index (χ0) is 13.8. The van der Waals surface area contributed by atoms with Crippen LogP contribution in [0.15, 0.2) is 22.9 Å². The molecule has 5 heteroatoms. The van der Waals surface area contributed by atoms with Crippen molar-refractivity contribution in [2.45, 2.75) is 38.2 Å². The number of aromatic nitrogens is 1. The summed E-state index contributed by atoms with van der Waals surface area (Å²) in [7, 11) is 2.17. The normalized spacial score (nSPS) is 14.8. The van der Waals surface area contributed by atoms with Crippen molar-refractivity contribution in [3.63, 3.8) is 0 Å². The second kappa shape index (κ2) is 6.84. The van der Waals surface area contributed by atoms with Crippen LogP contribution in [0.3, 0.4) is 0 Å². The van der Waals surface area contributed by atoms with E-state index >= 15 is 0 Å². The van der Waals surface area contributed by atoms with E-state index in [-0.39, 0.29) is 0 Å². The van der Waals surface area contributed by atoms with Gasteiger partial charge < -0.3 is 0 Å². The standard InChI is InChI=1S/C14H19ClN2S2/c1-10(7-13-5-4-6-18-13)17(3)11(2)14-16-12(8-15)9-19-14/h4-6,9-11H,7-8H2,1-3H3. The van der Waals surface area contributed by atoms with Gasteiger partial charge in [-0.1, -0.05) is 6.07 Å². The SMILES string of the molecule is CC(Cc1cccs1)N(C)C(C)c1nc(CCl)cs1. The van der Waals surface area contributed by atoms with Gasteiger partial charge in [0, 0.05) is 16.3 Å². The monoisotopic (exact) mass is 314 g/mol. The first kappa shape index (κ1) is 15.0. The molecular formula is C14H19ClN2S2. The first-order valence-electron chi connectivity index (χ1n) is 6.36. The predicted octanol–water partition coefficient (Wildman–Crippen LogP) is 4.57. The fourth-order valence-corrected chi connectivity index (χ4v) is 3.98. The molecule has 0 fully saturated rings. The molecular weight excluding hydrogens is 296 g/mol. The Morgan fingerprint density at radius 2 is 2.16 bits per heavy atom. The lowest BCUT2D eigenvalue weighted by Crippen LogP contribution is -2.33. The van der Waals surface area contributed by atoms with Crippen LogP contribution < -0.4 is 0 Å². The van der Waals surface area contributed by atoms with Crippen molar-refractivity contribution in [2.24, 2.45) is 0 Å². The first-order valence-corrected chi connectivity index (χ1v) is 8.65. The molecule has 0 saturated heterocycles. The van der Waals surface area contributed by atoms with Crippen LogP contribution in [-0.2, 0) is 12.3 Å². The highest BCUT2D eigenvalue weighted by atomic mass is 35.5. The molecule has 2 aromatic heterocycles. The van der Waals surface area contributed by atoms with Crippen molar-refractivity contribution in [3.8, 4) is 0 Å². The minimum Gasteiger partial charge on any atom is -0.294 e. The minimum absolute atomic E-state index is 0.330. The Morgan fingerprint density at radius 3 is 2.74 bits per heavy atom. The smallest absolute Gasteiger partial charge is 0.110 e. The maximum absolute atomic E-state index is 5.81. The topological polar surface area (TPSA) is 16.1 Å². The van der Waals surface area contributed by atoms with Crippen molar-refractivity contribution in [2.75, 3.05) is 7.05 Å². The molecule has 2 aromatic rings. The fraction of sp³-hybridized carbons (Fsp3) is 0.500. The van der Waals surface area contributed by atoms with Crippen LogP contribution in [0, 0.1) is 0 Å². The summed E-state index contributed by atoms with van der Waals surface area (Å²) >= 11 is 9.34. The van der Waals surface area contributed by atoms with E-state index < -0.39 is 0 Å². The Labute approximate surface area is 128 Å². The van der Waals surface area contributed by atoms with Crippen LogP contribution in [0.4, 0.5) is 0 Å². The fourth-order valence-electron chi connectivity index (χ4n) is 2.00. The quantitative estimate of drug-likeness (QED) is 0.726. The maximum Gasteiger partial charge on any atom is 0.110 e. The number of likely N-dealkylation sites (N-methyl/N-ethyl adjacent to an activating group) is 1. The van der Waals surface area contributed by atoms with E-state index in [2.05, 4.69) is 53.7 Å². The van der Waals surface area contributed by atoms with Gasteiger partial charge in [-0.3, -0.25) is 4.90 Å². The van der Waals surface area contributed by atoms with Crippen LogP contribution in [-0.4, -0.2) is 23.0 Å². The summed E-state index contributed by atoms with van der Waals surface area (Å²) in [5, 5.41) is 5.34. The molecule has 2 nitrogen and oxygen atoms in total. The second-order valence-electron chi connectivity index (χ2n) is 4.78. The van der Waals surface area contributed by atoms with Crippen molar-refractivity contribution in [1.29, 1.82) is 0 Å². The van der Waals surface area contributed by atoms with Gasteiger partial charge in [0.15, 0.2) is 0 Å². The molecule has 2 heterocycles. The Kier molecular flexibility index (Phi) is 5.39. The summed E-state index contributed by atoms with van der Waals surface area (Å²) in [5.74, 6) is 0.498. The average Bonchev–Trinajstić information content (AvgIpc) is 3.07. The van der Waals surface area contributed by atoms with Gasteiger partial charge >= 0.3 is 0 Å². The number of rotatable bonds is 6. The van der Waals surface area contributed by atoms with E-state index in [9.17, 15) is 0 Å². The van der Waals surface area contributed by atoms with Crippen molar-refractivity contribution in [3.05, 3.63) is 38.5 Å². The maximum atomic E-state index is 5.81. The number of hydrogen-bond donors (Lipinski definition) is 0. The van der Waals surface area contributed by atoms with E-state index in [1.54, 1.807) is 11.3 Å². The predicted molar refractivity (Wildman–Crippen MR) is 85.3 cm³/mol. The van der Waals surface area contributed by atoms with Crippen molar-refractivity contribution < 1.29 is 0 Å². The zero-order valence-electron chi connectivity index (χ0n) is 11.5. The highest BCUT2D eigenvalue weighted by Gasteiger charge is 2.20. The molecule has 0 aromatic carbocycles. The van der Waals surface area contributed by atoms with E-state index in [1.807, 2.05) is 11.3 Å². The highest BCUT2D eigenvalue weighted by molar-refractivity contribution is 7.10. The summed E-state index contributed by atoms with van der Waals surface area (Å²) in [6.45, 7) is 4.48. The molecule has 0 aliphatic rings. The molecule has 0 aliphatic heterocycles. The molecule has 0 spiro atoms. The molecule has 104 valence electrons. The lowest BCUT2D eigenvalue weighted by atomic mass is 10.1. The molecule has 0 N–H and O–H groups in total. The Hall–Kier alpha value is -0.420. The van der Waals surface area contributed by atoms with Gasteiger partial charge in [-0.05, 0) is 38.8 Å². The summed E-state index contributed by atoms with van der Waals surface area (Å²) in [4.78, 5) is 8.40. The number of alkyl halides is 1. The van der Waals surface area contributed by atoms with Crippen LogP contribution in [0.1, 0.15) is 35.5 Å². The van der Waals surface area contributed by atoms with E-state index in [1.165, 1.54) is 4.88 Å². The molecule has 0 aliphatic carbocycles. The van der Waals surface area contributed by atoms with E-state index in [0.29, 0.717) is 18.0 Å². The molecule has 2 unspecified atom stereocenters. The summed E-state index contributed by atoms with van der Waals surface area (Å²) < 4.78 is 0. The molecule has 0 radical (unpaired) electrons. The first-order chi connectivity index (χ1) is 9.11. The summed E-state index contributed by atoms with van der Waals surface area (Å²) in [6, 6.07) is 5.15. The largest absolute Gasteiger partial charge is 0.294 e. The molecule has 2 rings (SSSR count).